The lowest BCUT2D eigenvalue weighted by Gasteiger charge is -2.23. The highest BCUT2D eigenvalue weighted by Crippen LogP contribution is 1.87. The predicted molar refractivity (Wildman–Crippen MR) is 65.1 cm³/mol. The van der Waals surface area contributed by atoms with Gasteiger partial charge in [-0.25, -0.2) is 13.1 Å². The zero-order valence-electron chi connectivity index (χ0n) is 9.95. The fraction of sp³-hybridized carbons (Fsp3) is 0.889. The van der Waals surface area contributed by atoms with Crippen molar-refractivity contribution < 1.29 is 13.2 Å². The van der Waals surface area contributed by atoms with E-state index in [9.17, 15) is 13.2 Å². The van der Waals surface area contributed by atoms with Crippen molar-refractivity contribution in [1.82, 2.24) is 20.7 Å². The quantitative estimate of drug-likeness (QED) is 0.401. The van der Waals surface area contributed by atoms with Crippen molar-refractivity contribution in [3.8, 4) is 0 Å². The van der Waals surface area contributed by atoms with Crippen LogP contribution in [0.3, 0.4) is 0 Å². The zero-order chi connectivity index (χ0) is 12.7. The number of rotatable bonds is 6. The van der Waals surface area contributed by atoms with E-state index in [0.29, 0.717) is 26.1 Å². The first-order valence-corrected chi connectivity index (χ1v) is 7.54. The summed E-state index contributed by atoms with van der Waals surface area (Å²) in [5.74, 6) is -0.0449. The maximum Gasteiger partial charge on any atom is 0.238 e. The second kappa shape index (κ2) is 6.90. The van der Waals surface area contributed by atoms with Crippen LogP contribution in [0.25, 0.3) is 0 Å². The summed E-state index contributed by atoms with van der Waals surface area (Å²) in [7, 11) is -3.13. The minimum absolute atomic E-state index is 0.0449. The molecule has 0 aromatic carbocycles. The number of piperazine rings is 1. The summed E-state index contributed by atoms with van der Waals surface area (Å²) in [4.78, 5) is 11.6. The number of hydrogen-bond acceptors (Lipinski definition) is 5. The van der Waals surface area contributed by atoms with E-state index in [2.05, 4.69) is 20.7 Å². The Labute approximate surface area is 102 Å². The third-order valence-corrected chi connectivity index (χ3v) is 3.10. The Balaban J connectivity index is 2.07. The summed E-state index contributed by atoms with van der Waals surface area (Å²) >= 11 is 0. The normalized spacial score (nSPS) is 21.1. The van der Waals surface area contributed by atoms with Gasteiger partial charge in [0, 0.05) is 32.7 Å². The van der Waals surface area contributed by atoms with Crippen LogP contribution in [-0.4, -0.2) is 59.3 Å². The van der Waals surface area contributed by atoms with Crippen LogP contribution in [0.1, 0.15) is 6.42 Å². The largest absolute Gasteiger partial charge is 0.355 e. The third kappa shape index (κ3) is 6.57. The summed E-state index contributed by atoms with van der Waals surface area (Å²) in [6.45, 7) is 3.11. The van der Waals surface area contributed by atoms with Crippen molar-refractivity contribution in [2.24, 2.45) is 0 Å². The van der Waals surface area contributed by atoms with Gasteiger partial charge in [0.25, 0.3) is 0 Å². The molecular formula is C9H20N4O3S. The maximum absolute atomic E-state index is 11.6. The van der Waals surface area contributed by atoms with Gasteiger partial charge in [0.1, 0.15) is 0 Å². The molecule has 0 bridgehead atoms. The minimum atomic E-state index is -3.13. The molecule has 1 unspecified atom stereocenters. The fourth-order valence-electron chi connectivity index (χ4n) is 1.52. The minimum Gasteiger partial charge on any atom is -0.355 e. The lowest BCUT2D eigenvalue weighted by atomic mass is 10.2. The van der Waals surface area contributed by atoms with Crippen molar-refractivity contribution in [3.63, 3.8) is 0 Å². The maximum atomic E-state index is 11.6. The molecule has 7 nitrogen and oxygen atoms in total. The first-order chi connectivity index (χ1) is 7.99. The van der Waals surface area contributed by atoms with Crippen molar-refractivity contribution in [2.45, 2.75) is 12.5 Å². The summed E-state index contributed by atoms with van der Waals surface area (Å²) in [6, 6.07) is -0.188. The van der Waals surface area contributed by atoms with Gasteiger partial charge < -0.3 is 16.0 Å². The van der Waals surface area contributed by atoms with Crippen molar-refractivity contribution in [2.75, 3.05) is 39.0 Å². The average molecular weight is 264 g/mol. The molecule has 1 amide bonds. The van der Waals surface area contributed by atoms with Crippen LogP contribution >= 0.6 is 0 Å². The molecule has 0 radical (unpaired) electrons. The molecule has 1 saturated heterocycles. The van der Waals surface area contributed by atoms with E-state index >= 15 is 0 Å². The first-order valence-electron chi connectivity index (χ1n) is 5.65. The lowest BCUT2D eigenvalue weighted by Crippen LogP contribution is -2.55. The standard InChI is InChI=1S/C9H20N4O3S/c1-17(15,16)13-4-2-3-12-9(14)8-7-10-5-6-11-8/h8,10-11,13H,2-7H2,1H3,(H,12,14). The second-order valence-electron chi connectivity index (χ2n) is 4.02. The van der Waals surface area contributed by atoms with E-state index in [1.54, 1.807) is 0 Å². The van der Waals surface area contributed by atoms with Gasteiger partial charge in [-0.1, -0.05) is 0 Å². The van der Waals surface area contributed by atoms with Gasteiger partial charge in [-0.2, -0.15) is 0 Å². The van der Waals surface area contributed by atoms with Crippen LogP contribution in [0.2, 0.25) is 0 Å². The Morgan fingerprint density at radius 3 is 2.71 bits per heavy atom. The SMILES string of the molecule is CS(=O)(=O)NCCCNC(=O)C1CNCCN1. The smallest absolute Gasteiger partial charge is 0.238 e. The Kier molecular flexibility index (Phi) is 5.83. The van der Waals surface area contributed by atoms with Crippen LogP contribution in [0.15, 0.2) is 0 Å². The molecule has 1 aliphatic heterocycles. The van der Waals surface area contributed by atoms with Crippen LogP contribution in [0.5, 0.6) is 0 Å². The molecule has 0 aromatic rings. The summed E-state index contributed by atoms with van der Waals surface area (Å²) < 4.78 is 23.9. The highest BCUT2D eigenvalue weighted by atomic mass is 32.2. The molecule has 0 aromatic heterocycles. The molecule has 0 aliphatic carbocycles. The highest BCUT2D eigenvalue weighted by Gasteiger charge is 2.19. The number of amides is 1. The van der Waals surface area contributed by atoms with Gasteiger partial charge in [0.2, 0.25) is 15.9 Å². The van der Waals surface area contributed by atoms with Crippen molar-refractivity contribution >= 4 is 15.9 Å². The van der Waals surface area contributed by atoms with Gasteiger partial charge >= 0.3 is 0 Å². The topological polar surface area (TPSA) is 99.3 Å². The van der Waals surface area contributed by atoms with Gasteiger partial charge in [-0.05, 0) is 6.42 Å². The molecular weight excluding hydrogens is 244 g/mol. The van der Waals surface area contributed by atoms with Crippen LogP contribution < -0.4 is 20.7 Å². The molecule has 1 heterocycles. The lowest BCUT2D eigenvalue weighted by molar-refractivity contribution is -0.123. The molecule has 4 N–H and O–H groups in total. The highest BCUT2D eigenvalue weighted by molar-refractivity contribution is 7.88. The molecule has 0 saturated carbocycles. The van der Waals surface area contributed by atoms with E-state index in [1.807, 2.05) is 0 Å². The van der Waals surface area contributed by atoms with E-state index in [1.165, 1.54) is 0 Å². The molecule has 0 spiro atoms. The molecule has 1 aliphatic rings. The summed E-state index contributed by atoms with van der Waals surface area (Å²) in [5.41, 5.74) is 0. The summed E-state index contributed by atoms with van der Waals surface area (Å²) in [5, 5.41) is 8.98. The number of nitrogens with one attached hydrogen (secondary N) is 4. The molecule has 1 rings (SSSR count). The Bertz CT molecular complexity index is 338. The molecule has 8 heteroatoms. The Morgan fingerprint density at radius 2 is 2.12 bits per heavy atom. The molecule has 1 fully saturated rings. The Hall–Kier alpha value is -0.700. The Morgan fingerprint density at radius 1 is 1.35 bits per heavy atom. The fourth-order valence-corrected chi connectivity index (χ4v) is 2.03. The summed E-state index contributed by atoms with van der Waals surface area (Å²) in [6.07, 6.45) is 1.70. The number of carbonyl (C=O) groups is 1. The molecule has 17 heavy (non-hydrogen) atoms. The van der Waals surface area contributed by atoms with Crippen LogP contribution in [-0.2, 0) is 14.8 Å². The molecule has 100 valence electrons. The van der Waals surface area contributed by atoms with Crippen LogP contribution in [0.4, 0.5) is 0 Å². The van der Waals surface area contributed by atoms with Crippen molar-refractivity contribution in [3.05, 3.63) is 0 Å². The predicted octanol–water partition coefficient (Wildman–Crippen LogP) is -2.40. The van der Waals surface area contributed by atoms with Gasteiger partial charge in [-0.3, -0.25) is 4.79 Å². The number of hydrogen-bond donors (Lipinski definition) is 4. The zero-order valence-corrected chi connectivity index (χ0v) is 10.8. The average Bonchev–Trinajstić information content (AvgIpc) is 2.28. The molecule has 1 atom stereocenters. The van der Waals surface area contributed by atoms with Gasteiger partial charge in [0.05, 0.1) is 12.3 Å². The van der Waals surface area contributed by atoms with Gasteiger partial charge in [-0.15, -0.1) is 0 Å². The number of sulfonamides is 1. The monoisotopic (exact) mass is 264 g/mol. The van der Waals surface area contributed by atoms with E-state index in [4.69, 9.17) is 0 Å². The number of carbonyl (C=O) groups excluding carboxylic acids is 1. The van der Waals surface area contributed by atoms with E-state index in [-0.39, 0.29) is 11.9 Å². The second-order valence-corrected chi connectivity index (χ2v) is 5.85. The third-order valence-electron chi connectivity index (χ3n) is 2.37. The van der Waals surface area contributed by atoms with E-state index < -0.39 is 10.0 Å². The van der Waals surface area contributed by atoms with Crippen molar-refractivity contribution in [1.29, 1.82) is 0 Å². The first kappa shape index (κ1) is 14.4. The van der Waals surface area contributed by atoms with Crippen LogP contribution in [0, 0.1) is 0 Å². The van der Waals surface area contributed by atoms with Gasteiger partial charge in [0.15, 0.2) is 0 Å². The van der Waals surface area contributed by atoms with E-state index in [0.717, 1.165) is 19.3 Å².